The largest absolute Gasteiger partial charge is 0.419 e. The quantitative estimate of drug-likeness (QED) is 0.881. The molecule has 0 fully saturated rings. The van der Waals surface area contributed by atoms with Crippen LogP contribution in [0, 0.1) is 5.82 Å². The molecule has 3 nitrogen and oxygen atoms in total. The minimum absolute atomic E-state index is 0.144. The Bertz CT molecular complexity index is 619. The number of nitrogens with two attached hydrogens (primary N) is 1. The van der Waals surface area contributed by atoms with Gasteiger partial charge in [0.15, 0.2) is 0 Å². The summed E-state index contributed by atoms with van der Waals surface area (Å²) in [5.41, 5.74) is 5.16. The first-order valence-corrected chi connectivity index (χ1v) is 6.45. The van der Waals surface area contributed by atoms with Crippen molar-refractivity contribution in [2.45, 2.75) is 32.1 Å². The Balaban J connectivity index is 2.25. The molecule has 0 saturated carbocycles. The fourth-order valence-corrected chi connectivity index (χ4v) is 2.10. The molecule has 0 spiro atoms. The van der Waals surface area contributed by atoms with Crippen molar-refractivity contribution >= 4 is 0 Å². The molecule has 0 aliphatic carbocycles. The van der Waals surface area contributed by atoms with E-state index in [9.17, 15) is 17.6 Å². The molecule has 0 amide bonds. The monoisotopic (exact) mass is 301 g/mol. The molecule has 1 heterocycles. The first-order chi connectivity index (χ1) is 9.82. The number of aryl methyl sites for hydroxylation is 1. The molecule has 2 aromatic rings. The first kappa shape index (κ1) is 15.5. The minimum atomic E-state index is -4.73. The van der Waals surface area contributed by atoms with Gasteiger partial charge in [0.2, 0.25) is 0 Å². The van der Waals surface area contributed by atoms with Gasteiger partial charge in [0.25, 0.3) is 0 Å². The number of aromatic nitrogens is 2. The van der Waals surface area contributed by atoms with Crippen molar-refractivity contribution in [1.82, 2.24) is 9.78 Å². The predicted octanol–water partition coefficient (Wildman–Crippen LogP) is 3.30. The Morgan fingerprint density at radius 1 is 1.33 bits per heavy atom. The summed E-state index contributed by atoms with van der Waals surface area (Å²) in [6.45, 7) is 2.58. The van der Waals surface area contributed by atoms with Crippen LogP contribution < -0.4 is 5.73 Å². The van der Waals surface area contributed by atoms with Gasteiger partial charge in [-0.15, -0.1) is 0 Å². The minimum Gasteiger partial charge on any atom is -0.324 e. The Kier molecular flexibility index (Phi) is 4.32. The first-order valence-electron chi connectivity index (χ1n) is 6.45. The molecule has 2 N–H and O–H groups in total. The Morgan fingerprint density at radius 3 is 2.62 bits per heavy atom. The van der Waals surface area contributed by atoms with E-state index >= 15 is 0 Å². The van der Waals surface area contributed by atoms with Crippen LogP contribution >= 0.6 is 0 Å². The standard InChI is InChI=1S/C14H15F4N3/c1-2-21-8-9(7-20-21)6-12(19)10-4-3-5-11(13(10)15)14(16,17)18/h3-5,7-8,12H,2,6,19H2,1H3. The summed E-state index contributed by atoms with van der Waals surface area (Å²) in [5.74, 6) is -1.31. The predicted molar refractivity (Wildman–Crippen MR) is 69.9 cm³/mol. The van der Waals surface area contributed by atoms with Gasteiger partial charge in [-0.1, -0.05) is 12.1 Å². The van der Waals surface area contributed by atoms with Gasteiger partial charge in [0.05, 0.1) is 11.8 Å². The second kappa shape index (κ2) is 5.85. The van der Waals surface area contributed by atoms with Crippen molar-refractivity contribution < 1.29 is 17.6 Å². The van der Waals surface area contributed by atoms with E-state index in [1.54, 1.807) is 17.1 Å². The molecule has 1 aromatic carbocycles. The highest BCUT2D eigenvalue weighted by molar-refractivity contribution is 5.31. The molecule has 1 unspecified atom stereocenters. The lowest BCUT2D eigenvalue weighted by atomic mass is 9.98. The van der Waals surface area contributed by atoms with E-state index in [1.165, 1.54) is 6.07 Å². The zero-order valence-corrected chi connectivity index (χ0v) is 11.4. The average Bonchev–Trinajstić information content (AvgIpc) is 2.85. The smallest absolute Gasteiger partial charge is 0.324 e. The summed E-state index contributed by atoms with van der Waals surface area (Å²) in [4.78, 5) is 0. The topological polar surface area (TPSA) is 43.8 Å². The molecule has 1 atom stereocenters. The number of nitrogens with zero attached hydrogens (tertiary/aromatic N) is 2. The third kappa shape index (κ3) is 3.41. The molecular formula is C14H15F4N3. The fraction of sp³-hybridized carbons (Fsp3) is 0.357. The molecule has 0 bridgehead atoms. The maximum atomic E-state index is 14.0. The summed E-state index contributed by atoms with van der Waals surface area (Å²) in [6.07, 6.45) is -1.19. The normalized spacial score (nSPS) is 13.4. The van der Waals surface area contributed by atoms with Gasteiger partial charge in [-0.3, -0.25) is 4.68 Å². The molecule has 0 aliphatic heterocycles. The molecular weight excluding hydrogens is 286 g/mol. The van der Waals surface area contributed by atoms with Gasteiger partial charge in [-0.25, -0.2) is 4.39 Å². The van der Waals surface area contributed by atoms with Crippen molar-refractivity contribution in [3.8, 4) is 0 Å². The van der Waals surface area contributed by atoms with Crippen LogP contribution in [0.5, 0.6) is 0 Å². The number of hydrogen-bond donors (Lipinski definition) is 1. The van der Waals surface area contributed by atoms with Crippen LogP contribution in [0.2, 0.25) is 0 Å². The van der Waals surface area contributed by atoms with E-state index in [-0.39, 0.29) is 12.0 Å². The van der Waals surface area contributed by atoms with Gasteiger partial charge < -0.3 is 5.73 Å². The summed E-state index contributed by atoms with van der Waals surface area (Å²) >= 11 is 0. The van der Waals surface area contributed by atoms with Crippen LogP contribution in [0.1, 0.15) is 29.7 Å². The Morgan fingerprint density at radius 2 is 2.05 bits per heavy atom. The summed E-state index contributed by atoms with van der Waals surface area (Å²) in [7, 11) is 0. The summed E-state index contributed by atoms with van der Waals surface area (Å²) in [5, 5.41) is 4.05. The van der Waals surface area contributed by atoms with Gasteiger partial charge in [-0.2, -0.15) is 18.3 Å². The fourth-order valence-electron chi connectivity index (χ4n) is 2.10. The molecule has 2 rings (SSSR count). The van der Waals surface area contributed by atoms with Crippen molar-refractivity contribution in [3.05, 3.63) is 53.1 Å². The SMILES string of the molecule is CCn1cc(CC(N)c2cccc(C(F)(F)F)c2F)cn1. The van der Waals surface area contributed by atoms with Crippen molar-refractivity contribution in [1.29, 1.82) is 0 Å². The highest BCUT2D eigenvalue weighted by Gasteiger charge is 2.35. The van der Waals surface area contributed by atoms with Gasteiger partial charge in [0.1, 0.15) is 5.82 Å². The maximum Gasteiger partial charge on any atom is 0.419 e. The van der Waals surface area contributed by atoms with Gasteiger partial charge in [-0.05, 0) is 25.0 Å². The maximum absolute atomic E-state index is 14.0. The highest BCUT2D eigenvalue weighted by Crippen LogP contribution is 2.34. The lowest BCUT2D eigenvalue weighted by molar-refractivity contribution is -0.140. The van der Waals surface area contributed by atoms with Gasteiger partial charge >= 0.3 is 6.18 Å². The number of benzene rings is 1. The van der Waals surface area contributed by atoms with E-state index in [0.717, 1.165) is 11.6 Å². The Labute approximate surface area is 119 Å². The summed E-state index contributed by atoms with van der Waals surface area (Å²) in [6, 6.07) is 2.29. The highest BCUT2D eigenvalue weighted by atomic mass is 19.4. The van der Waals surface area contributed by atoms with Gasteiger partial charge in [0, 0.05) is 24.3 Å². The van der Waals surface area contributed by atoms with E-state index in [0.29, 0.717) is 12.6 Å². The van der Waals surface area contributed by atoms with Crippen LogP contribution in [0.3, 0.4) is 0 Å². The molecule has 0 aliphatic rings. The van der Waals surface area contributed by atoms with Crippen LogP contribution in [0.15, 0.2) is 30.6 Å². The van der Waals surface area contributed by atoms with Crippen LogP contribution in [-0.4, -0.2) is 9.78 Å². The number of rotatable bonds is 4. The second-order valence-electron chi connectivity index (χ2n) is 4.72. The second-order valence-corrected chi connectivity index (χ2v) is 4.72. The average molecular weight is 301 g/mol. The number of halogens is 4. The molecule has 1 aromatic heterocycles. The van der Waals surface area contributed by atoms with E-state index in [1.807, 2.05) is 6.92 Å². The van der Waals surface area contributed by atoms with E-state index < -0.39 is 23.6 Å². The van der Waals surface area contributed by atoms with Crippen LogP contribution in [0.4, 0.5) is 17.6 Å². The molecule has 7 heteroatoms. The zero-order valence-electron chi connectivity index (χ0n) is 11.4. The van der Waals surface area contributed by atoms with Crippen LogP contribution in [-0.2, 0) is 19.1 Å². The van der Waals surface area contributed by atoms with Crippen molar-refractivity contribution in [2.75, 3.05) is 0 Å². The lowest BCUT2D eigenvalue weighted by Crippen LogP contribution is -2.18. The van der Waals surface area contributed by atoms with Crippen LogP contribution in [0.25, 0.3) is 0 Å². The molecule has 0 saturated heterocycles. The third-order valence-electron chi connectivity index (χ3n) is 3.20. The lowest BCUT2D eigenvalue weighted by Gasteiger charge is -2.15. The van der Waals surface area contributed by atoms with E-state index in [2.05, 4.69) is 5.10 Å². The molecule has 21 heavy (non-hydrogen) atoms. The van der Waals surface area contributed by atoms with E-state index in [4.69, 9.17) is 5.73 Å². The zero-order chi connectivity index (χ0) is 15.6. The van der Waals surface area contributed by atoms with Crippen molar-refractivity contribution in [3.63, 3.8) is 0 Å². The van der Waals surface area contributed by atoms with Crippen molar-refractivity contribution in [2.24, 2.45) is 5.73 Å². The molecule has 114 valence electrons. The number of alkyl halides is 3. The third-order valence-corrected chi connectivity index (χ3v) is 3.20. The Hall–Kier alpha value is -1.89. The molecule has 0 radical (unpaired) electrons. The summed E-state index contributed by atoms with van der Waals surface area (Å²) < 4.78 is 53.7. The number of hydrogen-bond acceptors (Lipinski definition) is 2.